The fourth-order valence-electron chi connectivity index (χ4n) is 1.21. The number of rotatable bonds is 3. The number of benzene rings is 1. The molecule has 3 nitrogen and oxygen atoms in total. The third-order valence-corrected chi connectivity index (χ3v) is 2.64. The molecule has 0 fully saturated rings. The summed E-state index contributed by atoms with van der Waals surface area (Å²) in [4.78, 5) is 10.5. The van der Waals surface area contributed by atoms with Gasteiger partial charge < -0.3 is 9.84 Å². The van der Waals surface area contributed by atoms with Gasteiger partial charge in [0.2, 0.25) is 0 Å². The van der Waals surface area contributed by atoms with Crippen molar-refractivity contribution >= 4 is 21.9 Å². The minimum atomic E-state index is -0.850. The van der Waals surface area contributed by atoms with Gasteiger partial charge in [-0.2, -0.15) is 0 Å². The first-order valence-electron chi connectivity index (χ1n) is 4.09. The molecule has 0 saturated heterocycles. The van der Waals surface area contributed by atoms with Gasteiger partial charge in [0.15, 0.2) is 0 Å². The number of aliphatic carboxylic acids is 1. The first-order chi connectivity index (χ1) is 6.54. The van der Waals surface area contributed by atoms with E-state index in [2.05, 4.69) is 15.9 Å². The summed E-state index contributed by atoms with van der Waals surface area (Å²) < 4.78 is 5.91. The lowest BCUT2D eigenvalue weighted by atomic mass is 10.1. The lowest BCUT2D eigenvalue weighted by Gasteiger charge is -2.08. The Morgan fingerprint density at radius 1 is 1.57 bits per heavy atom. The molecule has 0 spiro atoms. The number of aryl methyl sites for hydroxylation is 1. The molecule has 1 N–H and O–H groups in total. The van der Waals surface area contributed by atoms with Gasteiger partial charge in [-0.1, -0.05) is 15.9 Å². The van der Waals surface area contributed by atoms with E-state index in [9.17, 15) is 4.79 Å². The lowest BCUT2D eigenvalue weighted by Crippen LogP contribution is -2.02. The first kappa shape index (κ1) is 11.0. The molecule has 0 saturated carbocycles. The van der Waals surface area contributed by atoms with Crippen molar-refractivity contribution in [3.05, 3.63) is 27.7 Å². The highest BCUT2D eigenvalue weighted by Crippen LogP contribution is 2.27. The molecule has 0 aromatic heterocycles. The Bertz CT molecular complexity index is 361. The van der Waals surface area contributed by atoms with E-state index in [1.807, 2.05) is 13.0 Å². The zero-order valence-corrected chi connectivity index (χ0v) is 9.59. The zero-order valence-electron chi connectivity index (χ0n) is 8.00. The molecule has 0 aliphatic heterocycles. The summed E-state index contributed by atoms with van der Waals surface area (Å²) in [7, 11) is 1.57. The van der Waals surface area contributed by atoms with Crippen molar-refractivity contribution in [1.82, 2.24) is 0 Å². The van der Waals surface area contributed by atoms with Gasteiger partial charge in [-0.15, -0.1) is 0 Å². The molecule has 1 rings (SSSR count). The van der Waals surface area contributed by atoms with Crippen molar-refractivity contribution in [3.8, 4) is 5.75 Å². The summed E-state index contributed by atoms with van der Waals surface area (Å²) in [6.45, 7) is 1.91. The van der Waals surface area contributed by atoms with E-state index in [4.69, 9.17) is 9.84 Å². The molecule has 0 atom stereocenters. The van der Waals surface area contributed by atoms with E-state index in [0.717, 1.165) is 15.6 Å². The monoisotopic (exact) mass is 258 g/mol. The van der Waals surface area contributed by atoms with Crippen molar-refractivity contribution in [2.75, 3.05) is 7.11 Å². The van der Waals surface area contributed by atoms with E-state index in [1.54, 1.807) is 13.2 Å². The molecular weight excluding hydrogens is 248 g/mol. The first-order valence-corrected chi connectivity index (χ1v) is 4.88. The van der Waals surface area contributed by atoms with Gasteiger partial charge in [-0.05, 0) is 30.2 Å². The second kappa shape index (κ2) is 4.46. The molecule has 76 valence electrons. The molecular formula is C10H11BrO3. The summed E-state index contributed by atoms with van der Waals surface area (Å²) in [5.41, 5.74) is 1.70. The maximum atomic E-state index is 10.5. The average Bonchev–Trinajstić information content (AvgIpc) is 2.09. The Morgan fingerprint density at radius 2 is 2.21 bits per heavy atom. The van der Waals surface area contributed by atoms with E-state index in [1.165, 1.54) is 0 Å². The topological polar surface area (TPSA) is 46.5 Å². The lowest BCUT2D eigenvalue weighted by molar-refractivity contribution is -0.136. The van der Waals surface area contributed by atoms with Crippen LogP contribution in [0.25, 0.3) is 0 Å². The number of methoxy groups -OCH3 is 1. The van der Waals surface area contributed by atoms with E-state index in [-0.39, 0.29) is 6.42 Å². The SMILES string of the molecule is COc1cc(CC(=O)O)c(Br)cc1C. The maximum absolute atomic E-state index is 10.5. The standard InChI is InChI=1S/C10H11BrO3/c1-6-3-8(11)7(5-10(12)13)4-9(6)14-2/h3-4H,5H2,1-2H3,(H,12,13). The molecule has 0 amide bonds. The van der Waals surface area contributed by atoms with Crippen LogP contribution in [-0.4, -0.2) is 18.2 Å². The molecule has 1 aromatic rings. The van der Waals surface area contributed by atoms with E-state index >= 15 is 0 Å². The minimum absolute atomic E-state index is 0.00275. The third kappa shape index (κ3) is 2.48. The molecule has 1 aromatic carbocycles. The Kier molecular flexibility index (Phi) is 3.52. The highest BCUT2D eigenvalue weighted by atomic mass is 79.9. The fraction of sp³-hybridized carbons (Fsp3) is 0.300. The number of halogens is 1. The molecule has 4 heteroatoms. The summed E-state index contributed by atoms with van der Waals surface area (Å²) in [5.74, 6) is -0.138. The van der Waals surface area contributed by atoms with Crippen molar-refractivity contribution in [3.63, 3.8) is 0 Å². The van der Waals surface area contributed by atoms with Gasteiger partial charge in [-0.25, -0.2) is 0 Å². The van der Waals surface area contributed by atoms with Crippen LogP contribution < -0.4 is 4.74 Å². The predicted molar refractivity (Wildman–Crippen MR) is 56.8 cm³/mol. The van der Waals surface area contributed by atoms with Gasteiger partial charge in [-0.3, -0.25) is 4.79 Å². The van der Waals surface area contributed by atoms with Crippen LogP contribution in [0.5, 0.6) is 5.75 Å². The summed E-state index contributed by atoms with van der Waals surface area (Å²) in [6, 6.07) is 3.60. The van der Waals surface area contributed by atoms with Crippen molar-refractivity contribution in [1.29, 1.82) is 0 Å². The van der Waals surface area contributed by atoms with Crippen LogP contribution in [0, 0.1) is 6.92 Å². The number of ether oxygens (including phenoxy) is 1. The Morgan fingerprint density at radius 3 is 2.71 bits per heavy atom. The normalized spacial score (nSPS) is 9.93. The summed E-state index contributed by atoms with van der Waals surface area (Å²) >= 11 is 3.32. The predicted octanol–water partition coefficient (Wildman–Crippen LogP) is 2.39. The highest BCUT2D eigenvalue weighted by Gasteiger charge is 2.08. The maximum Gasteiger partial charge on any atom is 0.307 e. The van der Waals surface area contributed by atoms with Crippen LogP contribution in [0.4, 0.5) is 0 Å². The number of hydrogen-bond donors (Lipinski definition) is 1. The van der Waals surface area contributed by atoms with Crippen LogP contribution in [0.1, 0.15) is 11.1 Å². The Balaban J connectivity index is 3.10. The number of carboxylic acids is 1. The van der Waals surface area contributed by atoms with E-state index < -0.39 is 5.97 Å². The number of hydrogen-bond acceptors (Lipinski definition) is 2. The van der Waals surface area contributed by atoms with Crippen LogP contribution in [0.2, 0.25) is 0 Å². The number of carbonyl (C=O) groups is 1. The fourth-order valence-corrected chi connectivity index (χ4v) is 1.81. The molecule has 0 unspecified atom stereocenters. The molecule has 14 heavy (non-hydrogen) atoms. The largest absolute Gasteiger partial charge is 0.496 e. The molecule has 0 radical (unpaired) electrons. The smallest absolute Gasteiger partial charge is 0.307 e. The molecule has 0 aliphatic rings. The second-order valence-corrected chi connectivity index (χ2v) is 3.84. The van der Waals surface area contributed by atoms with Crippen LogP contribution in [0.3, 0.4) is 0 Å². The Labute approximate surface area is 90.8 Å². The van der Waals surface area contributed by atoms with Crippen LogP contribution in [0.15, 0.2) is 16.6 Å². The summed E-state index contributed by atoms with van der Waals surface area (Å²) in [6.07, 6.45) is -0.00275. The van der Waals surface area contributed by atoms with Crippen molar-refractivity contribution < 1.29 is 14.6 Å². The number of carboxylic acid groups (broad SMARTS) is 1. The quantitative estimate of drug-likeness (QED) is 0.906. The van der Waals surface area contributed by atoms with E-state index in [0.29, 0.717) is 5.75 Å². The van der Waals surface area contributed by atoms with Crippen LogP contribution >= 0.6 is 15.9 Å². The minimum Gasteiger partial charge on any atom is -0.496 e. The third-order valence-electron chi connectivity index (χ3n) is 1.91. The highest BCUT2D eigenvalue weighted by molar-refractivity contribution is 9.10. The van der Waals surface area contributed by atoms with Gasteiger partial charge >= 0.3 is 5.97 Å². The molecule has 0 heterocycles. The molecule has 0 aliphatic carbocycles. The summed E-state index contributed by atoms with van der Waals surface area (Å²) in [5, 5.41) is 8.66. The van der Waals surface area contributed by atoms with Gasteiger partial charge in [0.05, 0.1) is 13.5 Å². The second-order valence-electron chi connectivity index (χ2n) is 2.98. The van der Waals surface area contributed by atoms with Crippen molar-refractivity contribution in [2.24, 2.45) is 0 Å². The Hall–Kier alpha value is -1.03. The van der Waals surface area contributed by atoms with Gasteiger partial charge in [0.25, 0.3) is 0 Å². The van der Waals surface area contributed by atoms with Crippen molar-refractivity contribution in [2.45, 2.75) is 13.3 Å². The van der Waals surface area contributed by atoms with Crippen LogP contribution in [-0.2, 0) is 11.2 Å². The van der Waals surface area contributed by atoms with Gasteiger partial charge in [0, 0.05) is 4.47 Å². The molecule has 0 bridgehead atoms. The van der Waals surface area contributed by atoms with Gasteiger partial charge in [0.1, 0.15) is 5.75 Å². The average molecular weight is 259 g/mol. The zero-order chi connectivity index (χ0) is 10.7.